The van der Waals surface area contributed by atoms with Crippen molar-refractivity contribution in [1.82, 2.24) is 15.6 Å². The molecule has 0 saturated heterocycles. The number of nitrogens with zero attached hydrogens (tertiary/aromatic N) is 1. The van der Waals surface area contributed by atoms with Crippen LogP contribution in [0.15, 0.2) is 48.8 Å². The first kappa shape index (κ1) is 18.4. The third kappa shape index (κ3) is 6.25. The fraction of sp³-hybridized carbons (Fsp3) is 0.316. The van der Waals surface area contributed by atoms with Gasteiger partial charge in [0, 0.05) is 30.8 Å². The summed E-state index contributed by atoms with van der Waals surface area (Å²) >= 11 is 0. The number of ether oxygens (including phenoxy) is 1. The van der Waals surface area contributed by atoms with Crippen LogP contribution in [-0.4, -0.2) is 29.4 Å². The van der Waals surface area contributed by atoms with E-state index >= 15 is 0 Å². The molecule has 25 heavy (non-hydrogen) atoms. The van der Waals surface area contributed by atoms with E-state index in [9.17, 15) is 9.59 Å². The Morgan fingerprint density at radius 2 is 1.92 bits per heavy atom. The van der Waals surface area contributed by atoms with Gasteiger partial charge in [-0.3, -0.25) is 14.6 Å². The zero-order valence-corrected chi connectivity index (χ0v) is 14.5. The van der Waals surface area contributed by atoms with Crippen molar-refractivity contribution in [1.29, 1.82) is 0 Å². The molecular weight excluding hydrogens is 318 g/mol. The number of hydrogen-bond acceptors (Lipinski definition) is 4. The summed E-state index contributed by atoms with van der Waals surface area (Å²) in [5, 5.41) is 5.60. The van der Waals surface area contributed by atoms with E-state index in [1.807, 2.05) is 13.8 Å². The van der Waals surface area contributed by atoms with E-state index in [-0.39, 0.29) is 24.3 Å². The molecule has 1 atom stereocenters. The van der Waals surface area contributed by atoms with Crippen LogP contribution in [0, 0.1) is 0 Å². The first-order valence-corrected chi connectivity index (χ1v) is 8.34. The zero-order valence-electron chi connectivity index (χ0n) is 14.5. The second-order valence-electron chi connectivity index (χ2n) is 5.70. The van der Waals surface area contributed by atoms with Crippen molar-refractivity contribution >= 4 is 11.8 Å². The van der Waals surface area contributed by atoms with Gasteiger partial charge < -0.3 is 15.4 Å². The summed E-state index contributed by atoms with van der Waals surface area (Å²) in [6, 6.07) is 10.5. The Kier molecular flexibility index (Phi) is 6.95. The molecule has 0 fully saturated rings. The third-order valence-corrected chi connectivity index (χ3v) is 3.64. The lowest BCUT2D eigenvalue weighted by Crippen LogP contribution is -2.35. The molecule has 1 aromatic heterocycles. The van der Waals surface area contributed by atoms with Crippen LogP contribution < -0.4 is 15.4 Å². The number of carbonyl (C=O) groups is 2. The molecule has 6 nitrogen and oxygen atoms in total. The predicted molar refractivity (Wildman–Crippen MR) is 95.6 cm³/mol. The molecule has 1 aromatic carbocycles. The van der Waals surface area contributed by atoms with Gasteiger partial charge in [0.25, 0.3) is 5.91 Å². The minimum Gasteiger partial charge on any atom is -0.456 e. The molecule has 2 aromatic rings. The van der Waals surface area contributed by atoms with Gasteiger partial charge in [0.15, 0.2) is 0 Å². The first-order chi connectivity index (χ1) is 12.1. The van der Waals surface area contributed by atoms with Gasteiger partial charge in [-0.05, 0) is 49.7 Å². The average Bonchev–Trinajstić information content (AvgIpc) is 2.63. The SMILES string of the molecule is CC[C@@H](C)NC(=O)CCNC(=O)c1ccc(Oc2cccnc2)cc1. The molecule has 0 aliphatic carbocycles. The Balaban J connectivity index is 1.79. The fourth-order valence-corrected chi connectivity index (χ4v) is 2.06. The van der Waals surface area contributed by atoms with Crippen LogP contribution in [0.5, 0.6) is 11.5 Å². The van der Waals surface area contributed by atoms with Crippen molar-refractivity contribution in [2.45, 2.75) is 32.7 Å². The fourth-order valence-electron chi connectivity index (χ4n) is 2.06. The van der Waals surface area contributed by atoms with Crippen LogP contribution >= 0.6 is 0 Å². The maximum Gasteiger partial charge on any atom is 0.251 e. The maximum absolute atomic E-state index is 12.1. The molecule has 0 aliphatic rings. The van der Waals surface area contributed by atoms with Crippen LogP contribution in [0.2, 0.25) is 0 Å². The van der Waals surface area contributed by atoms with Crippen LogP contribution in [0.4, 0.5) is 0 Å². The standard InChI is InChI=1S/C19H23N3O3/c1-3-14(2)22-18(23)10-12-21-19(24)15-6-8-16(9-7-15)25-17-5-4-11-20-13-17/h4-9,11,13-14H,3,10,12H2,1-2H3,(H,21,24)(H,22,23)/t14-/m1/s1. The van der Waals surface area contributed by atoms with E-state index in [0.717, 1.165) is 6.42 Å². The third-order valence-electron chi connectivity index (χ3n) is 3.64. The Bertz CT molecular complexity index is 687. The van der Waals surface area contributed by atoms with Crippen molar-refractivity contribution in [3.05, 3.63) is 54.4 Å². The molecule has 0 aliphatic heterocycles. The number of amides is 2. The van der Waals surface area contributed by atoms with Gasteiger partial charge in [0.2, 0.25) is 5.91 Å². The highest BCUT2D eigenvalue weighted by molar-refractivity contribution is 5.94. The van der Waals surface area contributed by atoms with E-state index < -0.39 is 0 Å². The summed E-state index contributed by atoms with van der Waals surface area (Å²) in [5.74, 6) is 0.976. The van der Waals surface area contributed by atoms with Crippen LogP contribution in [0.1, 0.15) is 37.0 Å². The van der Waals surface area contributed by atoms with Crippen LogP contribution in [0.25, 0.3) is 0 Å². The molecule has 0 bridgehead atoms. The Morgan fingerprint density at radius 3 is 2.56 bits per heavy atom. The van der Waals surface area contributed by atoms with Gasteiger partial charge in [0.05, 0.1) is 6.20 Å². The van der Waals surface area contributed by atoms with E-state index in [1.54, 1.807) is 48.8 Å². The lowest BCUT2D eigenvalue weighted by molar-refractivity contribution is -0.121. The van der Waals surface area contributed by atoms with Crippen molar-refractivity contribution < 1.29 is 14.3 Å². The highest BCUT2D eigenvalue weighted by Gasteiger charge is 2.08. The molecule has 2 rings (SSSR count). The van der Waals surface area contributed by atoms with Gasteiger partial charge in [-0.25, -0.2) is 0 Å². The molecule has 6 heteroatoms. The van der Waals surface area contributed by atoms with Gasteiger partial charge in [-0.15, -0.1) is 0 Å². The smallest absolute Gasteiger partial charge is 0.251 e. The number of benzene rings is 1. The minimum atomic E-state index is -0.218. The lowest BCUT2D eigenvalue weighted by atomic mass is 10.2. The molecule has 0 radical (unpaired) electrons. The van der Waals surface area contributed by atoms with Gasteiger partial charge >= 0.3 is 0 Å². The van der Waals surface area contributed by atoms with Crippen molar-refractivity contribution in [3.63, 3.8) is 0 Å². The molecule has 0 spiro atoms. The van der Waals surface area contributed by atoms with Crippen LogP contribution in [0.3, 0.4) is 0 Å². The summed E-state index contributed by atoms with van der Waals surface area (Å²) in [6.45, 7) is 4.26. The van der Waals surface area contributed by atoms with Gasteiger partial charge in [-0.2, -0.15) is 0 Å². The number of hydrogen-bond donors (Lipinski definition) is 2. The monoisotopic (exact) mass is 341 g/mol. The zero-order chi connectivity index (χ0) is 18.1. The summed E-state index contributed by atoms with van der Waals surface area (Å²) < 4.78 is 5.63. The van der Waals surface area contributed by atoms with Crippen LogP contribution in [-0.2, 0) is 4.79 Å². The summed E-state index contributed by atoms with van der Waals surface area (Å²) in [5.41, 5.74) is 0.515. The second kappa shape index (κ2) is 9.42. The van der Waals surface area contributed by atoms with Gasteiger partial charge in [0.1, 0.15) is 11.5 Å². The number of nitrogens with one attached hydrogen (secondary N) is 2. The van der Waals surface area contributed by atoms with Crippen molar-refractivity contribution in [2.24, 2.45) is 0 Å². The van der Waals surface area contributed by atoms with E-state index in [1.165, 1.54) is 0 Å². The molecule has 132 valence electrons. The average molecular weight is 341 g/mol. The molecule has 0 unspecified atom stereocenters. The van der Waals surface area contributed by atoms with E-state index in [2.05, 4.69) is 15.6 Å². The van der Waals surface area contributed by atoms with Gasteiger partial charge in [-0.1, -0.05) is 6.92 Å². The quantitative estimate of drug-likeness (QED) is 0.774. The lowest BCUT2D eigenvalue weighted by Gasteiger charge is -2.11. The topological polar surface area (TPSA) is 80.3 Å². The van der Waals surface area contributed by atoms with Crippen molar-refractivity contribution in [2.75, 3.05) is 6.54 Å². The summed E-state index contributed by atoms with van der Waals surface area (Å²) in [6.07, 6.45) is 4.43. The number of aromatic nitrogens is 1. The molecule has 0 saturated carbocycles. The summed E-state index contributed by atoms with van der Waals surface area (Å²) in [7, 11) is 0. The van der Waals surface area contributed by atoms with E-state index in [4.69, 9.17) is 4.74 Å². The molecule has 2 amide bonds. The Morgan fingerprint density at radius 1 is 1.16 bits per heavy atom. The molecule has 2 N–H and O–H groups in total. The van der Waals surface area contributed by atoms with Crippen molar-refractivity contribution in [3.8, 4) is 11.5 Å². The largest absolute Gasteiger partial charge is 0.456 e. The van der Waals surface area contributed by atoms with E-state index in [0.29, 0.717) is 23.6 Å². The molecular formula is C19H23N3O3. The summed E-state index contributed by atoms with van der Waals surface area (Å²) in [4.78, 5) is 27.7. The second-order valence-corrected chi connectivity index (χ2v) is 5.70. The molecule has 1 heterocycles. The Labute approximate surface area is 147 Å². The Hall–Kier alpha value is -2.89. The first-order valence-electron chi connectivity index (χ1n) is 8.34. The maximum atomic E-state index is 12.1. The number of carbonyl (C=O) groups excluding carboxylic acids is 2. The number of rotatable bonds is 8. The highest BCUT2D eigenvalue weighted by Crippen LogP contribution is 2.20. The number of pyridine rings is 1. The predicted octanol–water partition coefficient (Wildman–Crippen LogP) is 2.91. The highest BCUT2D eigenvalue weighted by atomic mass is 16.5. The normalized spacial score (nSPS) is 11.4. The minimum absolute atomic E-state index is 0.0603.